The van der Waals surface area contributed by atoms with Crippen LogP contribution in [-0.2, 0) is 11.3 Å². The Morgan fingerprint density at radius 3 is 2.73 bits per heavy atom. The molecular formula is C25H24FN5O2. The summed E-state index contributed by atoms with van der Waals surface area (Å²) in [6, 6.07) is 15.0. The van der Waals surface area contributed by atoms with Crippen molar-refractivity contribution < 1.29 is 13.7 Å². The molecule has 2 aromatic carbocycles. The number of nitrogens with zero attached hydrogens (tertiary/aromatic N) is 3. The van der Waals surface area contributed by atoms with E-state index in [2.05, 4.69) is 20.4 Å². The molecule has 0 bridgehead atoms. The molecule has 0 aliphatic carbocycles. The van der Waals surface area contributed by atoms with Crippen molar-refractivity contribution in [3.8, 4) is 34.0 Å². The Bertz CT molecular complexity index is 1270. The van der Waals surface area contributed by atoms with Crippen LogP contribution in [0.3, 0.4) is 0 Å². The van der Waals surface area contributed by atoms with Gasteiger partial charge in [-0.1, -0.05) is 41.1 Å². The molecular weight excluding hydrogens is 421 g/mol. The average molecular weight is 445 g/mol. The highest BCUT2D eigenvalue weighted by atomic mass is 19.1. The minimum Gasteiger partial charge on any atom is -0.382 e. The number of hydrogen-bond donors (Lipinski definition) is 2. The first-order valence-electron chi connectivity index (χ1n) is 10.8. The second-order valence-corrected chi connectivity index (χ2v) is 8.19. The lowest BCUT2D eigenvalue weighted by Crippen LogP contribution is -2.28. The molecule has 1 aliphatic rings. The van der Waals surface area contributed by atoms with E-state index in [0.29, 0.717) is 47.6 Å². The molecule has 8 heteroatoms. The van der Waals surface area contributed by atoms with Gasteiger partial charge in [-0.2, -0.15) is 0 Å². The van der Waals surface area contributed by atoms with Gasteiger partial charge in [0.05, 0.1) is 18.5 Å². The highest BCUT2D eigenvalue weighted by molar-refractivity contribution is 5.73. The summed E-state index contributed by atoms with van der Waals surface area (Å²) in [6.45, 7) is 4.06. The molecule has 0 spiro atoms. The van der Waals surface area contributed by atoms with Crippen LogP contribution in [0.5, 0.6) is 0 Å². The third-order valence-corrected chi connectivity index (χ3v) is 5.73. The van der Waals surface area contributed by atoms with Crippen molar-refractivity contribution in [2.75, 3.05) is 18.9 Å². The van der Waals surface area contributed by atoms with Crippen LogP contribution in [0.15, 0.2) is 59.3 Å². The topological polar surface area (TPSA) is 99.1 Å². The van der Waals surface area contributed by atoms with Crippen LogP contribution < -0.4 is 11.1 Å². The zero-order valence-electron chi connectivity index (χ0n) is 18.2. The number of nitrogens with one attached hydrogen (secondary N) is 1. The first-order valence-corrected chi connectivity index (χ1v) is 10.8. The number of nitrogen functional groups attached to an aromatic ring is 1. The maximum absolute atomic E-state index is 14.9. The quantitative estimate of drug-likeness (QED) is 0.455. The molecule has 5 rings (SSSR count). The van der Waals surface area contributed by atoms with Gasteiger partial charge in [-0.05, 0) is 31.0 Å². The first-order chi connectivity index (χ1) is 16.1. The minimum atomic E-state index is -0.371. The maximum atomic E-state index is 14.9. The Balaban J connectivity index is 1.38. The van der Waals surface area contributed by atoms with Crippen molar-refractivity contribution in [2.24, 2.45) is 0 Å². The molecule has 0 unspecified atom stereocenters. The number of nitrogens with two attached hydrogens (primary N) is 1. The molecule has 3 heterocycles. The van der Waals surface area contributed by atoms with Crippen LogP contribution in [-0.4, -0.2) is 34.4 Å². The first kappa shape index (κ1) is 21.2. The van der Waals surface area contributed by atoms with Crippen molar-refractivity contribution in [1.82, 2.24) is 20.4 Å². The lowest BCUT2D eigenvalue weighted by molar-refractivity contribution is 0.190. The number of ether oxygens (including phenoxy) is 1. The van der Waals surface area contributed by atoms with Crippen LogP contribution >= 0.6 is 0 Å². The van der Waals surface area contributed by atoms with Gasteiger partial charge < -0.3 is 20.3 Å². The molecule has 3 N–H and O–H groups in total. The van der Waals surface area contributed by atoms with Gasteiger partial charge in [0.2, 0.25) is 0 Å². The largest absolute Gasteiger partial charge is 0.382 e. The van der Waals surface area contributed by atoms with Crippen molar-refractivity contribution in [3.63, 3.8) is 0 Å². The van der Waals surface area contributed by atoms with Gasteiger partial charge in [-0.15, -0.1) is 0 Å². The fraction of sp³-hybridized carbons (Fsp3) is 0.240. The molecule has 2 aromatic heterocycles. The van der Waals surface area contributed by atoms with Gasteiger partial charge in [0.25, 0.3) is 0 Å². The van der Waals surface area contributed by atoms with Crippen molar-refractivity contribution in [2.45, 2.75) is 25.9 Å². The third kappa shape index (κ3) is 4.62. The normalized spacial score (nSPS) is 15.8. The predicted octanol–water partition coefficient (Wildman–Crippen LogP) is 4.37. The second kappa shape index (κ2) is 9.09. The summed E-state index contributed by atoms with van der Waals surface area (Å²) in [4.78, 5) is 8.87. The van der Waals surface area contributed by atoms with Crippen molar-refractivity contribution in [1.29, 1.82) is 0 Å². The Kier molecular flexibility index (Phi) is 5.85. The number of anilines is 1. The van der Waals surface area contributed by atoms with E-state index >= 15 is 0 Å². The van der Waals surface area contributed by atoms with Crippen LogP contribution in [0.2, 0.25) is 0 Å². The fourth-order valence-corrected chi connectivity index (χ4v) is 3.79. The van der Waals surface area contributed by atoms with Gasteiger partial charge >= 0.3 is 0 Å². The molecule has 0 radical (unpaired) electrons. The van der Waals surface area contributed by atoms with Crippen LogP contribution in [0.4, 0.5) is 10.2 Å². The molecule has 7 nitrogen and oxygen atoms in total. The smallest absolute Gasteiger partial charge is 0.189 e. The van der Waals surface area contributed by atoms with E-state index in [1.165, 1.54) is 6.07 Å². The van der Waals surface area contributed by atoms with E-state index in [1.54, 1.807) is 18.3 Å². The van der Waals surface area contributed by atoms with E-state index in [1.807, 2.05) is 37.3 Å². The molecule has 0 amide bonds. The maximum Gasteiger partial charge on any atom is 0.189 e. The number of aromatic nitrogens is 3. The number of aryl methyl sites for hydroxylation is 1. The zero-order chi connectivity index (χ0) is 22.8. The van der Waals surface area contributed by atoms with Crippen molar-refractivity contribution >= 4 is 5.82 Å². The number of halogens is 1. The second-order valence-electron chi connectivity index (χ2n) is 8.19. The lowest BCUT2D eigenvalue weighted by Gasteiger charge is -2.11. The SMILES string of the molecule is Cc1ccc(-c2cnc(N)c(-c3cc(-c4ccc(CN[C@@H]5CCOC5)cc4F)no3)n2)cc1. The van der Waals surface area contributed by atoms with Gasteiger partial charge in [-0.25, -0.2) is 14.4 Å². The van der Waals surface area contributed by atoms with Gasteiger partial charge in [0.15, 0.2) is 17.3 Å². The van der Waals surface area contributed by atoms with E-state index in [0.717, 1.165) is 29.7 Å². The third-order valence-electron chi connectivity index (χ3n) is 5.73. The summed E-state index contributed by atoms with van der Waals surface area (Å²) in [5, 5.41) is 7.43. The summed E-state index contributed by atoms with van der Waals surface area (Å²) in [6.07, 6.45) is 2.59. The van der Waals surface area contributed by atoms with Crippen molar-refractivity contribution in [3.05, 3.63) is 71.7 Å². The Morgan fingerprint density at radius 1 is 1.12 bits per heavy atom. The molecule has 168 valence electrons. The number of hydrogen-bond acceptors (Lipinski definition) is 7. The highest BCUT2D eigenvalue weighted by Crippen LogP contribution is 2.31. The molecule has 1 fully saturated rings. The summed E-state index contributed by atoms with van der Waals surface area (Å²) < 4.78 is 25.7. The lowest BCUT2D eigenvalue weighted by atomic mass is 10.1. The Hall–Kier alpha value is -3.62. The molecule has 1 aliphatic heterocycles. The molecule has 1 atom stereocenters. The molecule has 0 saturated carbocycles. The summed E-state index contributed by atoms with van der Waals surface area (Å²) in [7, 11) is 0. The predicted molar refractivity (Wildman–Crippen MR) is 124 cm³/mol. The minimum absolute atomic E-state index is 0.214. The molecule has 1 saturated heterocycles. The van der Waals surface area contributed by atoms with E-state index in [-0.39, 0.29) is 11.6 Å². The van der Waals surface area contributed by atoms with Gasteiger partial charge in [0.1, 0.15) is 11.5 Å². The Labute approximate surface area is 190 Å². The van der Waals surface area contributed by atoms with Crippen LogP contribution in [0.1, 0.15) is 17.5 Å². The van der Waals surface area contributed by atoms with E-state index in [4.69, 9.17) is 15.0 Å². The van der Waals surface area contributed by atoms with E-state index < -0.39 is 0 Å². The summed E-state index contributed by atoms with van der Waals surface area (Å²) >= 11 is 0. The Morgan fingerprint density at radius 2 is 1.97 bits per heavy atom. The average Bonchev–Trinajstić information content (AvgIpc) is 3.51. The van der Waals surface area contributed by atoms with Gasteiger partial charge in [0, 0.05) is 36.4 Å². The van der Waals surface area contributed by atoms with Crippen LogP contribution in [0, 0.1) is 12.7 Å². The van der Waals surface area contributed by atoms with Crippen LogP contribution in [0.25, 0.3) is 34.0 Å². The number of rotatable bonds is 6. The monoisotopic (exact) mass is 445 g/mol. The molecule has 33 heavy (non-hydrogen) atoms. The standard InChI is InChI=1S/C25H24FN5O2/c1-15-2-5-17(6-3-15)22-13-29-25(27)24(30-22)23-11-21(31-33-23)19-7-4-16(10-20(19)26)12-28-18-8-9-32-14-18/h2-7,10-11,13,18,28H,8-9,12,14H2,1H3,(H2,27,29)/t18-/m1/s1. The van der Waals surface area contributed by atoms with Gasteiger partial charge in [-0.3, -0.25) is 0 Å². The van der Waals surface area contributed by atoms with E-state index in [9.17, 15) is 4.39 Å². The zero-order valence-corrected chi connectivity index (χ0v) is 18.2. The fourth-order valence-electron chi connectivity index (χ4n) is 3.79. The molecule has 4 aromatic rings. The summed E-state index contributed by atoms with van der Waals surface area (Å²) in [5.74, 6) is 0.172. The summed E-state index contributed by atoms with van der Waals surface area (Å²) in [5.41, 5.74) is 10.7. The number of benzene rings is 2. The highest BCUT2D eigenvalue weighted by Gasteiger charge is 2.18.